The average Bonchev–Trinajstić information content (AvgIpc) is 2.85. The Kier molecular flexibility index (Phi) is 3.52. The van der Waals surface area contributed by atoms with Crippen molar-refractivity contribution in [2.24, 2.45) is 5.41 Å². The third-order valence-electron chi connectivity index (χ3n) is 3.12. The highest BCUT2D eigenvalue weighted by Gasteiger charge is 2.41. The Balaban J connectivity index is 1.54. The van der Waals surface area contributed by atoms with Gasteiger partial charge in [0, 0.05) is 25.7 Å². The SMILES string of the molecule is N#CCC1(CNCCCn2ccnn2)CC1. The summed E-state index contributed by atoms with van der Waals surface area (Å²) >= 11 is 0. The second-order valence-electron chi connectivity index (χ2n) is 4.53. The Hall–Kier alpha value is -1.41. The monoisotopic (exact) mass is 219 g/mol. The predicted molar refractivity (Wildman–Crippen MR) is 59.4 cm³/mol. The minimum atomic E-state index is 0.308. The predicted octanol–water partition coefficient (Wildman–Crippen LogP) is 0.952. The Bertz CT molecular complexity index is 347. The number of nitrogens with zero attached hydrogens (tertiary/aromatic N) is 4. The van der Waals surface area contributed by atoms with Crippen molar-refractivity contribution in [1.29, 1.82) is 5.26 Å². The molecule has 0 aromatic carbocycles. The van der Waals surface area contributed by atoms with E-state index >= 15 is 0 Å². The van der Waals surface area contributed by atoms with Gasteiger partial charge in [0.2, 0.25) is 0 Å². The lowest BCUT2D eigenvalue weighted by Crippen LogP contribution is -2.25. The maximum atomic E-state index is 8.67. The van der Waals surface area contributed by atoms with Crippen LogP contribution in [0, 0.1) is 16.7 Å². The Morgan fingerprint density at radius 1 is 1.50 bits per heavy atom. The van der Waals surface area contributed by atoms with E-state index in [-0.39, 0.29) is 0 Å². The van der Waals surface area contributed by atoms with E-state index in [0.717, 1.165) is 26.1 Å². The summed E-state index contributed by atoms with van der Waals surface area (Å²) < 4.78 is 1.84. The summed E-state index contributed by atoms with van der Waals surface area (Å²) in [6.07, 6.45) is 7.72. The van der Waals surface area contributed by atoms with Crippen LogP contribution in [0.1, 0.15) is 25.7 Å². The van der Waals surface area contributed by atoms with E-state index < -0.39 is 0 Å². The van der Waals surface area contributed by atoms with Crippen molar-refractivity contribution in [3.8, 4) is 6.07 Å². The van der Waals surface area contributed by atoms with E-state index in [4.69, 9.17) is 5.26 Å². The first kappa shape index (κ1) is 11.1. The van der Waals surface area contributed by atoms with Crippen LogP contribution in [0.15, 0.2) is 12.4 Å². The molecule has 1 aliphatic rings. The third-order valence-corrected chi connectivity index (χ3v) is 3.12. The normalized spacial score (nSPS) is 16.9. The average molecular weight is 219 g/mol. The molecule has 1 aromatic rings. The maximum Gasteiger partial charge on any atom is 0.0692 e. The largest absolute Gasteiger partial charge is 0.316 e. The molecule has 86 valence electrons. The molecule has 0 amide bonds. The Labute approximate surface area is 95.4 Å². The second kappa shape index (κ2) is 5.08. The molecule has 0 atom stereocenters. The van der Waals surface area contributed by atoms with Crippen LogP contribution in [0.2, 0.25) is 0 Å². The van der Waals surface area contributed by atoms with Gasteiger partial charge in [-0.05, 0) is 31.2 Å². The quantitative estimate of drug-likeness (QED) is 0.693. The minimum Gasteiger partial charge on any atom is -0.316 e. The lowest BCUT2D eigenvalue weighted by Gasteiger charge is -2.11. The van der Waals surface area contributed by atoms with Crippen LogP contribution < -0.4 is 5.32 Å². The van der Waals surface area contributed by atoms with Crippen molar-refractivity contribution in [2.75, 3.05) is 13.1 Å². The van der Waals surface area contributed by atoms with Crippen LogP contribution in [0.5, 0.6) is 0 Å². The van der Waals surface area contributed by atoms with E-state index in [1.807, 2.05) is 10.9 Å². The fourth-order valence-electron chi connectivity index (χ4n) is 1.83. The molecule has 0 aliphatic heterocycles. The highest BCUT2D eigenvalue weighted by Crippen LogP contribution is 2.47. The zero-order valence-electron chi connectivity index (χ0n) is 9.39. The molecule has 5 heteroatoms. The molecular weight excluding hydrogens is 202 g/mol. The summed E-state index contributed by atoms with van der Waals surface area (Å²) in [5, 5.41) is 19.7. The standard InChI is InChI=1S/C11H17N5/c12-5-4-11(2-3-11)10-13-6-1-8-16-9-7-14-15-16/h7,9,13H,1-4,6,8,10H2. The number of nitriles is 1. The molecule has 1 aromatic heterocycles. The first-order valence-electron chi connectivity index (χ1n) is 5.76. The van der Waals surface area contributed by atoms with Gasteiger partial charge in [-0.15, -0.1) is 5.10 Å². The number of rotatable bonds is 7. The zero-order valence-corrected chi connectivity index (χ0v) is 9.39. The molecular formula is C11H17N5. The molecule has 0 bridgehead atoms. The summed E-state index contributed by atoms with van der Waals surface area (Å²) in [5.74, 6) is 0. The Morgan fingerprint density at radius 2 is 2.38 bits per heavy atom. The van der Waals surface area contributed by atoms with E-state index in [1.165, 1.54) is 12.8 Å². The molecule has 0 saturated heterocycles. The van der Waals surface area contributed by atoms with Crippen LogP contribution in [0.25, 0.3) is 0 Å². The van der Waals surface area contributed by atoms with Gasteiger partial charge in [0.05, 0.1) is 12.3 Å². The van der Waals surface area contributed by atoms with Gasteiger partial charge in [0.15, 0.2) is 0 Å². The summed E-state index contributed by atoms with van der Waals surface area (Å²) in [6.45, 7) is 2.86. The van der Waals surface area contributed by atoms with Crippen molar-refractivity contribution < 1.29 is 0 Å². The maximum absolute atomic E-state index is 8.67. The molecule has 16 heavy (non-hydrogen) atoms. The van der Waals surface area contributed by atoms with Gasteiger partial charge in [0.1, 0.15) is 0 Å². The van der Waals surface area contributed by atoms with Crippen LogP contribution in [0.4, 0.5) is 0 Å². The molecule has 1 heterocycles. The van der Waals surface area contributed by atoms with Crippen LogP contribution in [0.3, 0.4) is 0 Å². The van der Waals surface area contributed by atoms with E-state index in [9.17, 15) is 0 Å². The number of hydrogen-bond acceptors (Lipinski definition) is 4. The summed E-state index contributed by atoms with van der Waals surface area (Å²) in [5.41, 5.74) is 0.308. The molecule has 0 spiro atoms. The first-order valence-corrected chi connectivity index (χ1v) is 5.76. The number of aromatic nitrogens is 3. The summed E-state index contributed by atoms with van der Waals surface area (Å²) in [7, 11) is 0. The zero-order chi connectivity index (χ0) is 11.3. The molecule has 1 saturated carbocycles. The van der Waals surface area contributed by atoms with E-state index in [1.54, 1.807) is 6.20 Å². The molecule has 1 fully saturated rings. The van der Waals surface area contributed by atoms with Crippen molar-refractivity contribution in [1.82, 2.24) is 20.3 Å². The fourth-order valence-corrected chi connectivity index (χ4v) is 1.83. The lowest BCUT2D eigenvalue weighted by molar-refractivity contribution is 0.449. The molecule has 1 aliphatic carbocycles. The van der Waals surface area contributed by atoms with Gasteiger partial charge in [-0.3, -0.25) is 4.68 Å². The minimum absolute atomic E-state index is 0.308. The van der Waals surface area contributed by atoms with Gasteiger partial charge < -0.3 is 5.32 Å². The number of hydrogen-bond donors (Lipinski definition) is 1. The van der Waals surface area contributed by atoms with Gasteiger partial charge >= 0.3 is 0 Å². The first-order chi connectivity index (χ1) is 7.85. The highest BCUT2D eigenvalue weighted by molar-refractivity contribution is 5.00. The number of nitrogens with one attached hydrogen (secondary N) is 1. The molecule has 0 unspecified atom stereocenters. The molecule has 1 N–H and O–H groups in total. The van der Waals surface area contributed by atoms with E-state index in [2.05, 4.69) is 21.7 Å². The van der Waals surface area contributed by atoms with Crippen LogP contribution >= 0.6 is 0 Å². The van der Waals surface area contributed by atoms with Gasteiger partial charge in [-0.1, -0.05) is 5.21 Å². The lowest BCUT2D eigenvalue weighted by atomic mass is 10.0. The van der Waals surface area contributed by atoms with Crippen molar-refractivity contribution >= 4 is 0 Å². The second-order valence-corrected chi connectivity index (χ2v) is 4.53. The highest BCUT2D eigenvalue weighted by atomic mass is 15.4. The number of aryl methyl sites for hydroxylation is 1. The van der Waals surface area contributed by atoms with Gasteiger partial charge in [0.25, 0.3) is 0 Å². The third kappa shape index (κ3) is 3.04. The van der Waals surface area contributed by atoms with E-state index in [0.29, 0.717) is 11.8 Å². The molecule has 5 nitrogen and oxygen atoms in total. The topological polar surface area (TPSA) is 66.5 Å². The smallest absolute Gasteiger partial charge is 0.0692 e. The van der Waals surface area contributed by atoms with Crippen molar-refractivity contribution in [3.05, 3.63) is 12.4 Å². The van der Waals surface area contributed by atoms with Gasteiger partial charge in [-0.2, -0.15) is 5.26 Å². The Morgan fingerprint density at radius 3 is 3.00 bits per heavy atom. The van der Waals surface area contributed by atoms with Crippen molar-refractivity contribution in [3.63, 3.8) is 0 Å². The van der Waals surface area contributed by atoms with Gasteiger partial charge in [-0.25, -0.2) is 0 Å². The fraction of sp³-hybridized carbons (Fsp3) is 0.727. The van der Waals surface area contributed by atoms with Crippen LogP contribution in [-0.4, -0.2) is 28.1 Å². The van der Waals surface area contributed by atoms with Crippen LogP contribution in [-0.2, 0) is 6.54 Å². The summed E-state index contributed by atoms with van der Waals surface area (Å²) in [6, 6.07) is 2.27. The molecule has 2 rings (SSSR count). The molecule has 0 radical (unpaired) electrons. The summed E-state index contributed by atoms with van der Waals surface area (Å²) in [4.78, 5) is 0. The van der Waals surface area contributed by atoms with Crippen molar-refractivity contribution in [2.45, 2.75) is 32.2 Å².